The van der Waals surface area contributed by atoms with E-state index in [0.717, 1.165) is 16.1 Å². The van der Waals surface area contributed by atoms with Crippen LogP contribution in [0.15, 0.2) is 57.3 Å². The maximum absolute atomic E-state index is 13.2. The molecule has 29 heavy (non-hydrogen) atoms. The second-order valence-corrected chi connectivity index (χ2v) is 9.56. The first-order chi connectivity index (χ1) is 13.6. The molecule has 1 N–H and O–H groups in total. The van der Waals surface area contributed by atoms with Gasteiger partial charge in [0.2, 0.25) is 10.0 Å². The van der Waals surface area contributed by atoms with Gasteiger partial charge in [-0.15, -0.1) is 0 Å². The highest BCUT2D eigenvalue weighted by molar-refractivity contribution is 7.99. The number of nitrogens with zero attached hydrogens (tertiary/aromatic N) is 3. The first kappa shape index (κ1) is 21.0. The zero-order valence-electron chi connectivity index (χ0n) is 16.0. The Bertz CT molecular complexity index is 1270. The van der Waals surface area contributed by atoms with E-state index in [0.29, 0.717) is 22.2 Å². The lowest BCUT2D eigenvalue weighted by Gasteiger charge is -2.17. The number of thioether (sulfide) groups is 1. The molecule has 0 fully saturated rings. The summed E-state index contributed by atoms with van der Waals surface area (Å²) in [6.45, 7) is 1.74. The standard InChI is InChI=1S/C19H19N3O5S2/c1-12-8-9-13(29(26,27)21(2)3)10-16(12)22-18(25)14-6-4-5-7-15(14)20-19(22)28-11-17(23)24/h4-10H,11H2,1-3H3,(H,23,24). The smallest absolute Gasteiger partial charge is 0.313 e. The Morgan fingerprint density at radius 1 is 1.21 bits per heavy atom. The van der Waals surface area contributed by atoms with Crippen molar-refractivity contribution >= 4 is 38.7 Å². The third-order valence-corrected chi connectivity index (χ3v) is 7.00. The second kappa shape index (κ2) is 7.97. The van der Waals surface area contributed by atoms with Crippen molar-refractivity contribution in [2.75, 3.05) is 19.8 Å². The van der Waals surface area contributed by atoms with Crippen molar-refractivity contribution in [3.8, 4) is 5.69 Å². The number of aromatic nitrogens is 2. The predicted octanol–water partition coefficient (Wildman–Crippen LogP) is 2.12. The van der Waals surface area contributed by atoms with Gasteiger partial charge in [0.05, 0.1) is 27.2 Å². The van der Waals surface area contributed by atoms with E-state index < -0.39 is 21.6 Å². The topological polar surface area (TPSA) is 110 Å². The van der Waals surface area contributed by atoms with Crippen LogP contribution >= 0.6 is 11.8 Å². The highest BCUT2D eigenvalue weighted by Crippen LogP contribution is 2.26. The summed E-state index contributed by atoms with van der Waals surface area (Å²) >= 11 is 0.900. The van der Waals surface area contributed by atoms with Gasteiger partial charge in [0.15, 0.2) is 5.16 Å². The number of carboxylic acids is 1. The number of benzene rings is 2. The Labute approximate surface area is 171 Å². The molecule has 0 saturated carbocycles. The van der Waals surface area contributed by atoms with Crippen LogP contribution < -0.4 is 5.56 Å². The normalized spacial score (nSPS) is 11.9. The first-order valence-electron chi connectivity index (χ1n) is 8.53. The fraction of sp³-hybridized carbons (Fsp3) is 0.211. The number of para-hydroxylation sites is 1. The number of hydrogen-bond donors (Lipinski definition) is 1. The number of rotatable bonds is 6. The number of sulfonamides is 1. The highest BCUT2D eigenvalue weighted by Gasteiger charge is 2.21. The van der Waals surface area contributed by atoms with Crippen LogP contribution in [-0.4, -0.2) is 53.2 Å². The summed E-state index contributed by atoms with van der Waals surface area (Å²) in [6.07, 6.45) is 0. The van der Waals surface area contributed by atoms with E-state index in [1.54, 1.807) is 37.3 Å². The largest absolute Gasteiger partial charge is 0.481 e. The van der Waals surface area contributed by atoms with Gasteiger partial charge in [-0.3, -0.25) is 14.2 Å². The van der Waals surface area contributed by atoms with Crippen molar-refractivity contribution in [3.63, 3.8) is 0 Å². The average molecular weight is 434 g/mol. The van der Waals surface area contributed by atoms with Gasteiger partial charge >= 0.3 is 5.97 Å². The minimum Gasteiger partial charge on any atom is -0.481 e. The predicted molar refractivity (Wildman–Crippen MR) is 111 cm³/mol. The Morgan fingerprint density at radius 3 is 2.55 bits per heavy atom. The minimum atomic E-state index is -3.72. The monoisotopic (exact) mass is 433 g/mol. The maximum atomic E-state index is 13.2. The molecule has 2 aromatic carbocycles. The molecule has 0 amide bonds. The summed E-state index contributed by atoms with van der Waals surface area (Å²) in [4.78, 5) is 28.8. The summed E-state index contributed by atoms with van der Waals surface area (Å²) in [7, 11) is -0.875. The molecule has 0 bridgehead atoms. The molecule has 0 spiro atoms. The SMILES string of the molecule is Cc1ccc(S(=O)(=O)N(C)C)cc1-n1c(SCC(=O)O)nc2ccccc2c1=O. The van der Waals surface area contributed by atoms with E-state index >= 15 is 0 Å². The van der Waals surface area contributed by atoms with Gasteiger partial charge in [-0.2, -0.15) is 0 Å². The van der Waals surface area contributed by atoms with Gasteiger partial charge in [-0.05, 0) is 36.8 Å². The molecule has 0 radical (unpaired) electrons. The Hall–Kier alpha value is -2.69. The minimum absolute atomic E-state index is 0.0253. The number of aryl methyl sites for hydroxylation is 1. The fourth-order valence-corrected chi connectivity index (χ4v) is 4.40. The van der Waals surface area contributed by atoms with Crippen LogP contribution in [0.2, 0.25) is 0 Å². The van der Waals surface area contributed by atoms with Gasteiger partial charge in [0.25, 0.3) is 5.56 Å². The van der Waals surface area contributed by atoms with Crippen molar-refractivity contribution in [1.29, 1.82) is 0 Å². The van der Waals surface area contributed by atoms with E-state index in [2.05, 4.69) is 4.98 Å². The van der Waals surface area contributed by atoms with Crippen molar-refractivity contribution in [1.82, 2.24) is 13.9 Å². The molecule has 8 nitrogen and oxygen atoms in total. The molecule has 0 aliphatic rings. The van der Waals surface area contributed by atoms with Crippen LogP contribution in [0.3, 0.4) is 0 Å². The van der Waals surface area contributed by atoms with Crippen molar-refractivity contribution in [2.24, 2.45) is 0 Å². The van der Waals surface area contributed by atoms with Crippen LogP contribution in [0.4, 0.5) is 0 Å². The molecule has 152 valence electrons. The lowest BCUT2D eigenvalue weighted by molar-refractivity contribution is -0.133. The molecule has 0 aliphatic heterocycles. The zero-order valence-corrected chi connectivity index (χ0v) is 17.6. The van der Waals surface area contributed by atoms with Crippen molar-refractivity contribution < 1.29 is 18.3 Å². The number of carboxylic acid groups (broad SMARTS) is 1. The molecular weight excluding hydrogens is 414 g/mol. The molecule has 1 aromatic heterocycles. The molecule has 10 heteroatoms. The van der Waals surface area contributed by atoms with Crippen molar-refractivity contribution in [3.05, 3.63) is 58.4 Å². The Morgan fingerprint density at radius 2 is 1.90 bits per heavy atom. The summed E-state index contributed by atoms with van der Waals surface area (Å²) in [6, 6.07) is 11.2. The summed E-state index contributed by atoms with van der Waals surface area (Å²) in [5.74, 6) is -1.34. The number of carbonyl (C=O) groups is 1. The number of aliphatic carboxylic acids is 1. The summed E-state index contributed by atoms with van der Waals surface area (Å²) in [5, 5.41) is 9.60. The van der Waals surface area contributed by atoms with Crippen LogP contribution in [0.25, 0.3) is 16.6 Å². The maximum Gasteiger partial charge on any atom is 0.313 e. The van der Waals surface area contributed by atoms with E-state index in [4.69, 9.17) is 5.11 Å². The highest BCUT2D eigenvalue weighted by atomic mass is 32.2. The third-order valence-electron chi connectivity index (χ3n) is 4.27. The molecule has 1 heterocycles. The van der Waals surface area contributed by atoms with Gasteiger partial charge in [-0.1, -0.05) is 30.0 Å². The third kappa shape index (κ3) is 4.04. The molecule has 3 rings (SSSR count). The molecule has 3 aromatic rings. The Kier molecular flexibility index (Phi) is 5.78. The van der Waals surface area contributed by atoms with Gasteiger partial charge in [0, 0.05) is 14.1 Å². The van der Waals surface area contributed by atoms with Gasteiger partial charge in [-0.25, -0.2) is 17.7 Å². The molecule has 0 atom stereocenters. The number of hydrogen-bond acceptors (Lipinski definition) is 6. The molecule has 0 saturated heterocycles. The van der Waals surface area contributed by atoms with E-state index in [1.807, 2.05) is 0 Å². The van der Waals surface area contributed by atoms with Crippen LogP contribution in [0, 0.1) is 6.92 Å². The summed E-state index contributed by atoms with van der Waals surface area (Å²) < 4.78 is 27.5. The van der Waals surface area contributed by atoms with Gasteiger partial charge < -0.3 is 5.11 Å². The van der Waals surface area contributed by atoms with E-state index in [1.165, 1.54) is 30.8 Å². The fourth-order valence-electron chi connectivity index (χ4n) is 2.75. The number of fused-ring (bicyclic) bond motifs is 1. The molecular formula is C19H19N3O5S2. The van der Waals surface area contributed by atoms with Crippen LogP contribution in [0.5, 0.6) is 0 Å². The van der Waals surface area contributed by atoms with Crippen molar-refractivity contribution in [2.45, 2.75) is 17.0 Å². The average Bonchev–Trinajstić information content (AvgIpc) is 2.67. The second-order valence-electron chi connectivity index (χ2n) is 6.47. The van der Waals surface area contributed by atoms with Crippen LogP contribution in [0.1, 0.15) is 5.56 Å². The zero-order chi connectivity index (χ0) is 21.3. The lowest BCUT2D eigenvalue weighted by Crippen LogP contribution is -2.25. The van der Waals surface area contributed by atoms with Gasteiger partial charge in [0.1, 0.15) is 0 Å². The van der Waals surface area contributed by atoms with E-state index in [9.17, 15) is 18.0 Å². The first-order valence-corrected chi connectivity index (χ1v) is 11.0. The van der Waals surface area contributed by atoms with Crippen LogP contribution in [-0.2, 0) is 14.8 Å². The lowest BCUT2D eigenvalue weighted by atomic mass is 10.2. The summed E-state index contributed by atoms with van der Waals surface area (Å²) in [5.41, 5.74) is 1.03. The molecule has 0 aliphatic carbocycles. The van der Waals surface area contributed by atoms with E-state index in [-0.39, 0.29) is 15.8 Å². The Balaban J connectivity index is 2.34. The molecule has 0 unspecified atom stereocenters. The quantitative estimate of drug-likeness (QED) is 0.468.